The van der Waals surface area contributed by atoms with Gasteiger partial charge in [-0.3, -0.25) is 0 Å². The van der Waals surface area contributed by atoms with Crippen molar-refractivity contribution in [3.05, 3.63) is 66.7 Å². The Morgan fingerprint density at radius 2 is 1.15 bits per heavy atom. The second kappa shape index (κ2) is 9.07. The molecule has 0 radical (unpaired) electrons. The average molecular weight is 366 g/mol. The molecule has 0 aliphatic heterocycles. The second-order valence-corrected chi connectivity index (χ2v) is 5.96. The van der Waals surface area contributed by atoms with E-state index in [1.165, 1.54) is 0 Å². The molecular weight excluding hydrogens is 344 g/mol. The van der Waals surface area contributed by atoms with Gasteiger partial charge in [-0.25, -0.2) is 0 Å². The molecule has 0 amide bonds. The van der Waals surface area contributed by atoms with Crippen LogP contribution in [0.25, 0.3) is 22.3 Å². The monoisotopic (exact) mass is 366 g/mol. The van der Waals surface area contributed by atoms with Crippen LogP contribution in [0.4, 0.5) is 0 Å². The van der Waals surface area contributed by atoms with Crippen LogP contribution in [-0.2, 0) is 0 Å². The molecule has 0 aliphatic carbocycles. The minimum atomic E-state index is -0.0760. The van der Waals surface area contributed by atoms with E-state index >= 15 is 0 Å². The third-order valence-corrected chi connectivity index (χ3v) is 4.00. The van der Waals surface area contributed by atoms with Gasteiger partial charge in [0, 0.05) is 6.07 Å². The van der Waals surface area contributed by atoms with E-state index < -0.39 is 0 Å². The fourth-order valence-corrected chi connectivity index (χ4v) is 2.76. The van der Waals surface area contributed by atoms with Gasteiger partial charge in [-0.15, -0.1) is 0 Å². The number of aliphatic hydroxyl groups is 2. The Hall–Kier alpha value is -3.02. The van der Waals surface area contributed by atoms with Crippen molar-refractivity contribution in [3.63, 3.8) is 0 Å². The summed E-state index contributed by atoms with van der Waals surface area (Å²) in [6.45, 7) is 0.230. The molecule has 0 fully saturated rings. The maximum absolute atomic E-state index is 9.48. The van der Waals surface area contributed by atoms with E-state index in [0.717, 1.165) is 22.3 Å². The van der Waals surface area contributed by atoms with E-state index in [0.29, 0.717) is 11.5 Å². The second-order valence-electron chi connectivity index (χ2n) is 5.96. The number of rotatable bonds is 8. The van der Waals surface area contributed by atoms with Crippen LogP contribution in [0, 0.1) is 0 Å². The van der Waals surface area contributed by atoms with Gasteiger partial charge < -0.3 is 24.8 Å². The molecule has 0 saturated heterocycles. The molecule has 140 valence electrons. The van der Waals surface area contributed by atoms with Crippen molar-refractivity contribution in [2.75, 3.05) is 26.4 Å². The van der Waals surface area contributed by atoms with Crippen LogP contribution in [0.1, 0.15) is 0 Å². The number of aromatic hydroxyl groups is 1. The topological polar surface area (TPSA) is 79.2 Å². The van der Waals surface area contributed by atoms with Gasteiger partial charge in [0.15, 0.2) is 0 Å². The molecule has 3 N–H and O–H groups in total. The first-order valence-electron chi connectivity index (χ1n) is 8.72. The molecule has 3 aromatic rings. The highest BCUT2D eigenvalue weighted by Crippen LogP contribution is 2.32. The van der Waals surface area contributed by atoms with E-state index in [9.17, 15) is 5.11 Å². The third-order valence-electron chi connectivity index (χ3n) is 4.00. The first-order valence-corrected chi connectivity index (χ1v) is 8.72. The van der Waals surface area contributed by atoms with Crippen molar-refractivity contribution in [2.24, 2.45) is 0 Å². The van der Waals surface area contributed by atoms with E-state index in [1.54, 1.807) is 18.2 Å². The number of ether oxygens (including phenoxy) is 2. The SMILES string of the molecule is OCCOc1cc(OCCO)cc(-c2cccc(-c3ccc(O)cc3)c2)c1. The average Bonchev–Trinajstić information content (AvgIpc) is 2.71. The fourth-order valence-electron chi connectivity index (χ4n) is 2.76. The number of phenolic OH excluding ortho intramolecular Hbond substituents is 1. The molecular formula is C22H22O5. The summed E-state index contributed by atoms with van der Waals surface area (Å²) < 4.78 is 11.1. The Kier molecular flexibility index (Phi) is 6.30. The van der Waals surface area contributed by atoms with Crippen molar-refractivity contribution >= 4 is 0 Å². The maximum atomic E-state index is 9.48. The van der Waals surface area contributed by atoms with Crippen LogP contribution >= 0.6 is 0 Å². The van der Waals surface area contributed by atoms with Crippen LogP contribution in [0.3, 0.4) is 0 Å². The lowest BCUT2D eigenvalue weighted by atomic mass is 9.98. The number of hydrogen-bond acceptors (Lipinski definition) is 5. The predicted octanol–water partition coefficient (Wildman–Crippen LogP) is 3.47. The summed E-state index contributed by atoms with van der Waals surface area (Å²) in [5, 5.41) is 27.5. The summed E-state index contributed by atoms with van der Waals surface area (Å²) in [6.07, 6.45) is 0. The number of aliphatic hydroxyl groups excluding tert-OH is 2. The fraction of sp³-hybridized carbons (Fsp3) is 0.182. The largest absolute Gasteiger partial charge is 0.508 e. The summed E-state index contributed by atoms with van der Waals surface area (Å²) in [5.41, 5.74) is 3.90. The molecule has 3 rings (SSSR count). The quantitative estimate of drug-likeness (QED) is 0.569. The Bertz CT molecular complexity index is 848. The zero-order valence-electron chi connectivity index (χ0n) is 14.8. The highest BCUT2D eigenvalue weighted by Gasteiger charge is 2.07. The molecule has 0 bridgehead atoms. The third kappa shape index (κ3) is 5.00. The molecule has 0 atom stereocenters. The normalized spacial score (nSPS) is 10.6. The van der Waals surface area contributed by atoms with Gasteiger partial charge in [0.25, 0.3) is 0 Å². The smallest absolute Gasteiger partial charge is 0.123 e. The van der Waals surface area contributed by atoms with E-state index in [4.69, 9.17) is 19.7 Å². The minimum absolute atomic E-state index is 0.0760. The van der Waals surface area contributed by atoms with Crippen LogP contribution < -0.4 is 9.47 Å². The summed E-state index contributed by atoms with van der Waals surface area (Å²) in [4.78, 5) is 0. The number of hydrogen-bond donors (Lipinski definition) is 3. The summed E-state index contributed by atoms with van der Waals surface area (Å²) >= 11 is 0. The van der Waals surface area contributed by atoms with Crippen molar-refractivity contribution < 1.29 is 24.8 Å². The molecule has 0 heterocycles. The highest BCUT2D eigenvalue weighted by molar-refractivity contribution is 5.74. The van der Waals surface area contributed by atoms with Crippen LogP contribution in [0.2, 0.25) is 0 Å². The van der Waals surface area contributed by atoms with Gasteiger partial charge in [0.2, 0.25) is 0 Å². The molecule has 0 aromatic heterocycles. The lowest BCUT2D eigenvalue weighted by Gasteiger charge is -2.12. The van der Waals surface area contributed by atoms with Gasteiger partial charge in [-0.05, 0) is 52.6 Å². The molecule has 5 heteroatoms. The van der Waals surface area contributed by atoms with Crippen LogP contribution in [0.5, 0.6) is 17.2 Å². The number of phenols is 1. The molecule has 5 nitrogen and oxygen atoms in total. The van der Waals surface area contributed by atoms with Gasteiger partial charge in [0.1, 0.15) is 30.5 Å². The summed E-state index contributed by atoms with van der Waals surface area (Å²) in [5.74, 6) is 1.41. The van der Waals surface area contributed by atoms with E-state index in [1.807, 2.05) is 48.5 Å². The van der Waals surface area contributed by atoms with Gasteiger partial charge in [0.05, 0.1) is 13.2 Å². The summed E-state index contributed by atoms with van der Waals surface area (Å²) in [7, 11) is 0. The maximum Gasteiger partial charge on any atom is 0.123 e. The van der Waals surface area contributed by atoms with E-state index in [-0.39, 0.29) is 32.2 Å². The van der Waals surface area contributed by atoms with E-state index in [2.05, 4.69) is 0 Å². The van der Waals surface area contributed by atoms with Gasteiger partial charge in [-0.1, -0.05) is 30.3 Å². The molecule has 27 heavy (non-hydrogen) atoms. The van der Waals surface area contributed by atoms with Gasteiger partial charge >= 0.3 is 0 Å². The Balaban J connectivity index is 1.96. The predicted molar refractivity (Wildman–Crippen MR) is 104 cm³/mol. The Morgan fingerprint density at radius 3 is 1.70 bits per heavy atom. The van der Waals surface area contributed by atoms with Crippen LogP contribution in [0.15, 0.2) is 66.7 Å². The van der Waals surface area contributed by atoms with Gasteiger partial charge in [-0.2, -0.15) is 0 Å². The van der Waals surface area contributed by atoms with Crippen LogP contribution in [-0.4, -0.2) is 41.7 Å². The van der Waals surface area contributed by atoms with Crippen molar-refractivity contribution in [1.82, 2.24) is 0 Å². The lowest BCUT2D eigenvalue weighted by Crippen LogP contribution is -2.04. The molecule has 0 unspecified atom stereocenters. The molecule has 3 aromatic carbocycles. The Labute approximate surface area is 158 Å². The first kappa shape index (κ1) is 18.8. The zero-order valence-corrected chi connectivity index (χ0v) is 14.8. The van der Waals surface area contributed by atoms with Crippen molar-refractivity contribution in [2.45, 2.75) is 0 Å². The lowest BCUT2D eigenvalue weighted by molar-refractivity contribution is 0.195. The Morgan fingerprint density at radius 1 is 0.593 bits per heavy atom. The first-order chi connectivity index (χ1) is 13.2. The standard InChI is InChI=1S/C22H22O5/c23-8-10-26-21-13-19(14-22(15-21)27-11-9-24)18-3-1-2-17(12-18)16-4-6-20(25)7-5-16/h1-7,12-15,23-25H,8-11H2. The minimum Gasteiger partial charge on any atom is -0.508 e. The van der Waals surface area contributed by atoms with Crippen molar-refractivity contribution in [1.29, 1.82) is 0 Å². The molecule has 0 spiro atoms. The highest BCUT2D eigenvalue weighted by atomic mass is 16.5. The number of benzene rings is 3. The van der Waals surface area contributed by atoms with Crippen molar-refractivity contribution in [3.8, 4) is 39.5 Å². The molecule has 0 saturated carbocycles. The summed E-state index contributed by atoms with van der Waals surface area (Å²) in [6, 6.07) is 20.6. The zero-order chi connectivity index (χ0) is 19.1. The molecule has 0 aliphatic rings.